The largest absolute Gasteiger partial charge is 0.348 e. The van der Waals surface area contributed by atoms with E-state index in [1.165, 1.54) is 23.2 Å². The number of hydrogen-bond donors (Lipinski definition) is 1. The number of nitrogens with zero attached hydrogens (tertiary/aromatic N) is 1. The van der Waals surface area contributed by atoms with E-state index in [2.05, 4.69) is 75.8 Å². The number of H-pyrrole nitrogens is 1. The van der Waals surface area contributed by atoms with Gasteiger partial charge in [-0.05, 0) is 36.7 Å². The first-order chi connectivity index (χ1) is 9.76. The molecule has 0 atom stereocenters. The Morgan fingerprint density at radius 2 is 1.71 bits per heavy atom. The van der Waals surface area contributed by atoms with Crippen LogP contribution in [0.5, 0.6) is 0 Å². The maximum Gasteiger partial charge on any atom is 0.0921 e. The molecule has 0 radical (unpaired) electrons. The Hall–Kier alpha value is -1.57. The summed E-state index contributed by atoms with van der Waals surface area (Å²) in [6, 6.07) is 8.79. The van der Waals surface area contributed by atoms with Crippen LogP contribution in [0, 0.1) is 18.3 Å². The minimum atomic E-state index is 0.354. The van der Waals surface area contributed by atoms with E-state index in [-0.39, 0.29) is 0 Å². The molecule has 1 aromatic carbocycles. The van der Waals surface area contributed by atoms with Crippen molar-refractivity contribution in [3.63, 3.8) is 0 Å². The smallest absolute Gasteiger partial charge is 0.0921 e. The van der Waals surface area contributed by atoms with Gasteiger partial charge in [-0.15, -0.1) is 0 Å². The molecule has 2 heteroatoms. The topological polar surface area (TPSA) is 28.7 Å². The molecule has 0 spiro atoms. The Kier molecular flexibility index (Phi) is 6.67. The molecule has 0 bridgehead atoms. The molecule has 0 saturated heterocycles. The Bertz CT molecular complexity index is 487. The van der Waals surface area contributed by atoms with Crippen molar-refractivity contribution in [3.05, 3.63) is 53.6 Å². The zero-order valence-electron chi connectivity index (χ0n) is 14.4. The normalized spacial score (nSPS) is 11.2. The highest BCUT2D eigenvalue weighted by atomic mass is 14.9. The van der Waals surface area contributed by atoms with Crippen LogP contribution in [0.1, 0.15) is 51.4 Å². The van der Waals surface area contributed by atoms with Gasteiger partial charge in [0.15, 0.2) is 0 Å². The molecule has 0 aliphatic heterocycles. The van der Waals surface area contributed by atoms with Crippen molar-refractivity contribution in [2.24, 2.45) is 11.3 Å². The van der Waals surface area contributed by atoms with Gasteiger partial charge in [0.1, 0.15) is 0 Å². The van der Waals surface area contributed by atoms with Crippen LogP contribution in [0.25, 0.3) is 0 Å². The molecule has 0 aliphatic carbocycles. The van der Waals surface area contributed by atoms with Gasteiger partial charge in [0, 0.05) is 11.9 Å². The van der Waals surface area contributed by atoms with Gasteiger partial charge in [0.2, 0.25) is 0 Å². The van der Waals surface area contributed by atoms with E-state index in [9.17, 15) is 0 Å². The Labute approximate surface area is 130 Å². The van der Waals surface area contributed by atoms with Gasteiger partial charge in [-0.2, -0.15) is 0 Å². The molecule has 0 amide bonds. The van der Waals surface area contributed by atoms with Crippen LogP contribution < -0.4 is 0 Å². The SMILES string of the molecule is CC(C)(C)Cc1cnc[nH]1.Cc1ccc(CC(C)C)cc1. The van der Waals surface area contributed by atoms with Gasteiger partial charge in [-0.3, -0.25) is 0 Å². The van der Waals surface area contributed by atoms with Crippen LogP contribution in [0.15, 0.2) is 36.8 Å². The van der Waals surface area contributed by atoms with Crippen LogP contribution in [0.4, 0.5) is 0 Å². The molecule has 1 N–H and O–H groups in total. The molecule has 2 aromatic rings. The number of rotatable bonds is 3. The lowest BCUT2D eigenvalue weighted by Gasteiger charge is -2.15. The molecule has 116 valence electrons. The molecular weight excluding hydrogens is 256 g/mol. The highest BCUT2D eigenvalue weighted by Gasteiger charge is 2.11. The summed E-state index contributed by atoms with van der Waals surface area (Å²) in [5.41, 5.74) is 4.36. The van der Waals surface area contributed by atoms with E-state index in [1.54, 1.807) is 6.33 Å². The van der Waals surface area contributed by atoms with Gasteiger partial charge in [-0.1, -0.05) is 64.4 Å². The standard InChI is InChI=1S/C11H16.C8H14N2/c1-9(2)8-11-6-4-10(3)5-7-11;1-8(2,3)4-7-5-9-6-10-7/h4-7,9H,8H2,1-3H3;5-6H,4H2,1-3H3,(H,9,10). The van der Waals surface area contributed by atoms with Gasteiger partial charge in [-0.25, -0.2) is 4.98 Å². The predicted molar refractivity (Wildman–Crippen MR) is 91.5 cm³/mol. The second kappa shape index (κ2) is 8.02. The minimum Gasteiger partial charge on any atom is -0.348 e. The number of benzene rings is 1. The van der Waals surface area contributed by atoms with Crippen LogP contribution in [-0.2, 0) is 12.8 Å². The lowest BCUT2D eigenvalue weighted by Crippen LogP contribution is -2.09. The molecule has 1 aromatic heterocycles. The summed E-state index contributed by atoms with van der Waals surface area (Å²) in [4.78, 5) is 7.03. The lowest BCUT2D eigenvalue weighted by molar-refractivity contribution is 0.407. The number of nitrogens with one attached hydrogen (secondary N) is 1. The summed E-state index contributed by atoms with van der Waals surface area (Å²) in [5, 5.41) is 0. The number of aromatic nitrogens is 2. The fraction of sp³-hybridized carbons (Fsp3) is 0.526. The first-order valence-corrected chi connectivity index (χ1v) is 7.79. The van der Waals surface area contributed by atoms with Crippen LogP contribution >= 0.6 is 0 Å². The fourth-order valence-electron chi connectivity index (χ4n) is 2.15. The molecule has 2 rings (SSSR count). The molecule has 0 aliphatic rings. The van der Waals surface area contributed by atoms with Crippen molar-refractivity contribution >= 4 is 0 Å². The third-order valence-corrected chi connectivity index (χ3v) is 3.04. The Morgan fingerprint density at radius 3 is 2.14 bits per heavy atom. The summed E-state index contributed by atoms with van der Waals surface area (Å²) in [6.07, 6.45) is 5.86. The van der Waals surface area contributed by atoms with Crippen LogP contribution in [-0.4, -0.2) is 9.97 Å². The van der Waals surface area contributed by atoms with Crippen molar-refractivity contribution in [3.8, 4) is 0 Å². The number of aryl methyl sites for hydroxylation is 1. The molecule has 2 nitrogen and oxygen atoms in total. The van der Waals surface area contributed by atoms with Gasteiger partial charge in [0.05, 0.1) is 6.33 Å². The van der Waals surface area contributed by atoms with E-state index >= 15 is 0 Å². The summed E-state index contributed by atoms with van der Waals surface area (Å²) in [6.45, 7) is 13.3. The first kappa shape index (κ1) is 17.5. The number of hydrogen-bond acceptors (Lipinski definition) is 1. The Morgan fingerprint density at radius 1 is 1.10 bits per heavy atom. The summed E-state index contributed by atoms with van der Waals surface area (Å²) < 4.78 is 0. The van der Waals surface area contributed by atoms with Crippen molar-refractivity contribution in [1.29, 1.82) is 0 Å². The quantitative estimate of drug-likeness (QED) is 0.826. The number of aromatic amines is 1. The summed E-state index contributed by atoms with van der Waals surface area (Å²) >= 11 is 0. The minimum absolute atomic E-state index is 0.354. The monoisotopic (exact) mass is 286 g/mol. The average Bonchev–Trinajstić information content (AvgIpc) is 2.83. The fourth-order valence-corrected chi connectivity index (χ4v) is 2.15. The van der Waals surface area contributed by atoms with Gasteiger partial charge in [0.25, 0.3) is 0 Å². The molecule has 0 saturated carbocycles. The molecule has 21 heavy (non-hydrogen) atoms. The van der Waals surface area contributed by atoms with E-state index in [4.69, 9.17) is 0 Å². The van der Waals surface area contributed by atoms with Crippen molar-refractivity contribution < 1.29 is 0 Å². The predicted octanol–water partition coefficient (Wildman–Crippen LogP) is 5.19. The van der Waals surface area contributed by atoms with Crippen molar-refractivity contribution in [2.45, 2.75) is 54.4 Å². The Balaban J connectivity index is 0.000000211. The van der Waals surface area contributed by atoms with Crippen molar-refractivity contribution in [1.82, 2.24) is 9.97 Å². The zero-order valence-corrected chi connectivity index (χ0v) is 14.4. The first-order valence-electron chi connectivity index (χ1n) is 7.79. The summed E-state index contributed by atoms with van der Waals surface area (Å²) in [7, 11) is 0. The van der Waals surface area contributed by atoms with E-state index < -0.39 is 0 Å². The zero-order chi connectivity index (χ0) is 15.9. The highest BCUT2D eigenvalue weighted by molar-refractivity contribution is 5.21. The third kappa shape index (κ3) is 8.34. The summed E-state index contributed by atoms with van der Waals surface area (Å²) in [5.74, 6) is 0.762. The highest BCUT2D eigenvalue weighted by Crippen LogP contribution is 2.18. The van der Waals surface area contributed by atoms with Gasteiger partial charge >= 0.3 is 0 Å². The lowest BCUT2D eigenvalue weighted by atomic mass is 9.91. The molecule has 1 heterocycles. The van der Waals surface area contributed by atoms with Crippen LogP contribution in [0.2, 0.25) is 0 Å². The molecule has 0 fully saturated rings. The number of imidazole rings is 1. The second-order valence-electron chi connectivity index (χ2n) is 7.40. The average molecular weight is 286 g/mol. The van der Waals surface area contributed by atoms with E-state index in [0.29, 0.717) is 5.41 Å². The van der Waals surface area contributed by atoms with Crippen molar-refractivity contribution in [2.75, 3.05) is 0 Å². The maximum absolute atomic E-state index is 3.95. The molecular formula is C19H30N2. The molecule has 0 unspecified atom stereocenters. The second-order valence-corrected chi connectivity index (χ2v) is 7.40. The van der Waals surface area contributed by atoms with Crippen LogP contribution in [0.3, 0.4) is 0 Å². The van der Waals surface area contributed by atoms with Gasteiger partial charge < -0.3 is 4.98 Å². The van der Waals surface area contributed by atoms with E-state index in [0.717, 1.165) is 12.3 Å². The third-order valence-electron chi connectivity index (χ3n) is 3.04. The van der Waals surface area contributed by atoms with E-state index in [1.807, 2.05) is 6.20 Å². The maximum atomic E-state index is 3.95.